The van der Waals surface area contributed by atoms with Crippen molar-refractivity contribution in [1.82, 2.24) is 4.98 Å². The lowest BCUT2D eigenvalue weighted by Gasteiger charge is -2.13. The molecule has 98 valence electrons. The van der Waals surface area contributed by atoms with Crippen LogP contribution in [0, 0.1) is 0 Å². The summed E-state index contributed by atoms with van der Waals surface area (Å²) in [4.78, 5) is 15.9. The summed E-state index contributed by atoms with van der Waals surface area (Å²) in [6.07, 6.45) is 1.42. The molecule has 0 saturated carbocycles. The molecule has 2 rings (SSSR count). The van der Waals surface area contributed by atoms with Crippen LogP contribution in [0.3, 0.4) is 0 Å². The van der Waals surface area contributed by atoms with Gasteiger partial charge in [-0.1, -0.05) is 30.3 Å². The maximum absolute atomic E-state index is 11.8. The zero-order valence-corrected chi connectivity index (χ0v) is 10.7. The minimum absolute atomic E-state index is 0.150. The number of nitrogens with two attached hydrogens (primary N) is 1. The zero-order chi connectivity index (χ0) is 13.7. The summed E-state index contributed by atoms with van der Waals surface area (Å²) in [5.74, 6) is -0.298. The molecular weight excluding hydrogens is 240 g/mol. The van der Waals surface area contributed by atoms with Gasteiger partial charge in [0.05, 0.1) is 24.0 Å². The number of rotatable bonds is 4. The molecule has 0 amide bonds. The van der Waals surface area contributed by atoms with Crippen LogP contribution in [-0.4, -0.2) is 11.0 Å². The van der Waals surface area contributed by atoms with Crippen LogP contribution in [-0.2, 0) is 16.0 Å². The second-order valence-corrected chi connectivity index (χ2v) is 4.30. The fraction of sp³-hybridized carbons (Fsp3) is 0.200. The third kappa shape index (κ3) is 3.81. The number of hydrogen-bond donors (Lipinski definition) is 1. The number of nitrogen functional groups attached to an aromatic ring is 1. The van der Waals surface area contributed by atoms with Crippen LogP contribution in [0.4, 0.5) is 5.69 Å². The van der Waals surface area contributed by atoms with Gasteiger partial charge < -0.3 is 10.5 Å². The zero-order valence-electron chi connectivity index (χ0n) is 10.7. The van der Waals surface area contributed by atoms with Crippen LogP contribution in [0.2, 0.25) is 0 Å². The highest BCUT2D eigenvalue weighted by Gasteiger charge is 2.12. The molecule has 0 fully saturated rings. The summed E-state index contributed by atoms with van der Waals surface area (Å²) in [6.45, 7) is 1.85. The molecule has 0 radical (unpaired) electrons. The van der Waals surface area contributed by atoms with E-state index in [1.165, 1.54) is 6.20 Å². The summed E-state index contributed by atoms with van der Waals surface area (Å²) in [6, 6.07) is 13.1. The standard InChI is InChI=1S/C15H16N2O2/c1-11(12-5-3-2-4-6-12)19-15(18)9-14-8-7-13(16)10-17-14/h2-8,10-11H,9,16H2,1H3. The topological polar surface area (TPSA) is 65.2 Å². The van der Waals surface area contributed by atoms with Crippen LogP contribution in [0.5, 0.6) is 0 Å². The highest BCUT2D eigenvalue weighted by Crippen LogP contribution is 2.16. The normalized spacial score (nSPS) is 11.8. The lowest BCUT2D eigenvalue weighted by atomic mass is 10.1. The van der Waals surface area contributed by atoms with Gasteiger partial charge in [0.2, 0.25) is 0 Å². The number of carbonyl (C=O) groups excluding carboxylic acids is 1. The molecule has 0 aliphatic heterocycles. The maximum atomic E-state index is 11.8. The van der Waals surface area contributed by atoms with E-state index in [9.17, 15) is 4.79 Å². The molecule has 2 N–H and O–H groups in total. The SMILES string of the molecule is CC(OC(=O)Cc1ccc(N)cn1)c1ccccc1. The van der Waals surface area contributed by atoms with E-state index in [-0.39, 0.29) is 18.5 Å². The minimum atomic E-state index is -0.298. The Bertz CT molecular complexity index is 538. The van der Waals surface area contributed by atoms with Crippen LogP contribution in [0.15, 0.2) is 48.7 Å². The molecule has 1 unspecified atom stereocenters. The van der Waals surface area contributed by atoms with Gasteiger partial charge in [-0.2, -0.15) is 0 Å². The van der Waals surface area contributed by atoms with Crippen molar-refractivity contribution in [3.8, 4) is 0 Å². The Morgan fingerprint density at radius 2 is 2.00 bits per heavy atom. The molecule has 4 nitrogen and oxygen atoms in total. The first kappa shape index (κ1) is 13.1. The molecule has 0 bridgehead atoms. The van der Waals surface area contributed by atoms with Gasteiger partial charge in [-0.3, -0.25) is 9.78 Å². The number of pyridine rings is 1. The van der Waals surface area contributed by atoms with Crippen LogP contribution < -0.4 is 5.73 Å². The highest BCUT2D eigenvalue weighted by atomic mass is 16.5. The highest BCUT2D eigenvalue weighted by molar-refractivity contribution is 5.72. The van der Waals surface area contributed by atoms with Crippen molar-refractivity contribution < 1.29 is 9.53 Å². The molecule has 2 aromatic rings. The van der Waals surface area contributed by atoms with Crippen molar-refractivity contribution in [3.63, 3.8) is 0 Å². The number of anilines is 1. The second-order valence-electron chi connectivity index (χ2n) is 4.30. The van der Waals surface area contributed by atoms with E-state index in [0.29, 0.717) is 11.4 Å². The van der Waals surface area contributed by atoms with Gasteiger partial charge in [0.1, 0.15) is 6.10 Å². The van der Waals surface area contributed by atoms with E-state index in [1.807, 2.05) is 37.3 Å². The van der Waals surface area contributed by atoms with Crippen LogP contribution in [0.25, 0.3) is 0 Å². The monoisotopic (exact) mass is 256 g/mol. The summed E-state index contributed by atoms with van der Waals surface area (Å²) in [7, 11) is 0. The van der Waals surface area contributed by atoms with Crippen molar-refractivity contribution in [2.45, 2.75) is 19.4 Å². The quantitative estimate of drug-likeness (QED) is 0.854. The van der Waals surface area contributed by atoms with Crippen molar-refractivity contribution >= 4 is 11.7 Å². The number of hydrogen-bond acceptors (Lipinski definition) is 4. The number of carbonyl (C=O) groups is 1. The third-order valence-corrected chi connectivity index (χ3v) is 2.75. The summed E-state index contributed by atoms with van der Waals surface area (Å²) in [5.41, 5.74) is 7.74. The number of ether oxygens (including phenoxy) is 1. The van der Waals surface area contributed by atoms with E-state index in [4.69, 9.17) is 10.5 Å². The molecule has 19 heavy (non-hydrogen) atoms. The Hall–Kier alpha value is -2.36. The molecule has 1 aromatic carbocycles. The summed E-state index contributed by atoms with van der Waals surface area (Å²) in [5, 5.41) is 0. The van der Waals surface area contributed by atoms with Gasteiger partial charge in [0, 0.05) is 0 Å². The minimum Gasteiger partial charge on any atom is -0.457 e. The first-order valence-electron chi connectivity index (χ1n) is 6.10. The molecule has 0 saturated heterocycles. The van der Waals surface area contributed by atoms with Crippen LogP contribution in [0.1, 0.15) is 24.3 Å². The molecule has 1 heterocycles. The first-order chi connectivity index (χ1) is 9.15. The Morgan fingerprint density at radius 1 is 1.26 bits per heavy atom. The Kier molecular flexibility index (Phi) is 4.13. The summed E-state index contributed by atoms with van der Waals surface area (Å²) < 4.78 is 5.36. The van der Waals surface area contributed by atoms with Crippen molar-refractivity contribution in [2.75, 3.05) is 5.73 Å². The fourth-order valence-corrected chi connectivity index (χ4v) is 1.72. The van der Waals surface area contributed by atoms with Crippen molar-refractivity contribution in [1.29, 1.82) is 0 Å². The molecule has 0 aliphatic rings. The van der Waals surface area contributed by atoms with Gasteiger partial charge in [0.25, 0.3) is 0 Å². The first-order valence-corrected chi connectivity index (χ1v) is 6.10. The predicted octanol–water partition coefficient (Wildman–Crippen LogP) is 2.51. The Morgan fingerprint density at radius 3 is 2.63 bits per heavy atom. The van der Waals surface area contributed by atoms with E-state index in [1.54, 1.807) is 12.1 Å². The number of nitrogens with zero attached hydrogens (tertiary/aromatic N) is 1. The third-order valence-electron chi connectivity index (χ3n) is 2.75. The van der Waals surface area contributed by atoms with Crippen molar-refractivity contribution in [3.05, 3.63) is 59.9 Å². The van der Waals surface area contributed by atoms with E-state index in [0.717, 1.165) is 5.56 Å². The van der Waals surface area contributed by atoms with E-state index >= 15 is 0 Å². The number of benzene rings is 1. The Labute approximate surface area is 112 Å². The molecule has 1 atom stereocenters. The fourth-order valence-electron chi connectivity index (χ4n) is 1.72. The smallest absolute Gasteiger partial charge is 0.312 e. The molecular formula is C15H16N2O2. The Balaban J connectivity index is 1.93. The molecule has 0 spiro atoms. The average Bonchev–Trinajstić information content (AvgIpc) is 2.42. The van der Waals surface area contributed by atoms with Gasteiger partial charge in [0.15, 0.2) is 0 Å². The van der Waals surface area contributed by atoms with E-state index < -0.39 is 0 Å². The molecule has 1 aromatic heterocycles. The van der Waals surface area contributed by atoms with Gasteiger partial charge in [-0.25, -0.2) is 0 Å². The lowest BCUT2D eigenvalue weighted by Crippen LogP contribution is -2.12. The van der Waals surface area contributed by atoms with Gasteiger partial charge in [-0.05, 0) is 24.6 Å². The predicted molar refractivity (Wildman–Crippen MR) is 73.3 cm³/mol. The average molecular weight is 256 g/mol. The lowest BCUT2D eigenvalue weighted by molar-refractivity contribution is -0.147. The van der Waals surface area contributed by atoms with Gasteiger partial charge >= 0.3 is 5.97 Å². The van der Waals surface area contributed by atoms with Crippen LogP contribution >= 0.6 is 0 Å². The van der Waals surface area contributed by atoms with Gasteiger partial charge in [-0.15, -0.1) is 0 Å². The number of aromatic nitrogens is 1. The van der Waals surface area contributed by atoms with E-state index in [2.05, 4.69) is 4.98 Å². The maximum Gasteiger partial charge on any atom is 0.312 e. The molecule has 4 heteroatoms. The second kappa shape index (κ2) is 6.00. The largest absolute Gasteiger partial charge is 0.457 e. The van der Waals surface area contributed by atoms with Crippen molar-refractivity contribution in [2.24, 2.45) is 0 Å². The number of esters is 1. The molecule has 0 aliphatic carbocycles. The summed E-state index contributed by atoms with van der Waals surface area (Å²) >= 11 is 0.